The highest BCUT2D eigenvalue weighted by atomic mass is 16.2. The van der Waals surface area contributed by atoms with E-state index in [2.05, 4.69) is 20.5 Å². The fourth-order valence-electron chi connectivity index (χ4n) is 3.84. The molecule has 1 aromatic heterocycles. The lowest BCUT2D eigenvalue weighted by molar-refractivity contribution is 0.0929. The van der Waals surface area contributed by atoms with Gasteiger partial charge in [0.25, 0.3) is 11.8 Å². The SMILES string of the molecule is O=C(NC1CCN(c2ccccc2C(=O)NCc2cccnc2)CC1)c1ccccc1. The molecule has 2 aromatic carbocycles. The van der Waals surface area contributed by atoms with Crippen LogP contribution >= 0.6 is 0 Å². The van der Waals surface area contributed by atoms with Crippen molar-refractivity contribution in [2.24, 2.45) is 0 Å². The lowest BCUT2D eigenvalue weighted by Gasteiger charge is -2.35. The lowest BCUT2D eigenvalue weighted by atomic mass is 10.0. The van der Waals surface area contributed by atoms with Crippen LogP contribution in [-0.4, -0.2) is 35.9 Å². The number of hydrogen-bond donors (Lipinski definition) is 2. The van der Waals surface area contributed by atoms with Gasteiger partial charge < -0.3 is 15.5 Å². The number of hydrogen-bond acceptors (Lipinski definition) is 4. The summed E-state index contributed by atoms with van der Waals surface area (Å²) in [6.07, 6.45) is 5.14. The molecule has 4 rings (SSSR count). The van der Waals surface area contributed by atoms with E-state index in [-0.39, 0.29) is 17.9 Å². The zero-order valence-corrected chi connectivity index (χ0v) is 17.3. The minimum atomic E-state index is -0.0982. The van der Waals surface area contributed by atoms with Crippen molar-refractivity contribution in [1.29, 1.82) is 0 Å². The number of carbonyl (C=O) groups excluding carboxylic acids is 2. The Morgan fingerprint density at radius 2 is 1.65 bits per heavy atom. The third kappa shape index (κ3) is 5.28. The van der Waals surface area contributed by atoms with Gasteiger partial charge in [0.2, 0.25) is 0 Å². The second-order valence-electron chi connectivity index (χ2n) is 7.66. The maximum absolute atomic E-state index is 12.8. The number of aromatic nitrogens is 1. The summed E-state index contributed by atoms with van der Waals surface area (Å²) < 4.78 is 0. The summed E-state index contributed by atoms with van der Waals surface area (Å²) in [6.45, 7) is 2.01. The molecule has 0 spiro atoms. The van der Waals surface area contributed by atoms with E-state index in [4.69, 9.17) is 0 Å². The van der Waals surface area contributed by atoms with Gasteiger partial charge in [0.15, 0.2) is 0 Å². The van der Waals surface area contributed by atoms with Gasteiger partial charge in [-0.25, -0.2) is 0 Å². The van der Waals surface area contributed by atoms with E-state index in [9.17, 15) is 9.59 Å². The number of anilines is 1. The summed E-state index contributed by atoms with van der Waals surface area (Å²) >= 11 is 0. The highest BCUT2D eigenvalue weighted by Crippen LogP contribution is 2.24. The second kappa shape index (κ2) is 9.89. The molecular weight excluding hydrogens is 388 g/mol. The average Bonchev–Trinajstić information content (AvgIpc) is 2.84. The molecule has 158 valence electrons. The van der Waals surface area contributed by atoms with Crippen molar-refractivity contribution in [3.63, 3.8) is 0 Å². The molecule has 0 saturated carbocycles. The summed E-state index contributed by atoms with van der Waals surface area (Å²) in [7, 11) is 0. The quantitative estimate of drug-likeness (QED) is 0.648. The van der Waals surface area contributed by atoms with Gasteiger partial charge in [-0.3, -0.25) is 14.6 Å². The van der Waals surface area contributed by atoms with Gasteiger partial charge in [-0.05, 0) is 48.7 Å². The Bertz CT molecular complexity index is 1020. The smallest absolute Gasteiger partial charge is 0.253 e. The van der Waals surface area contributed by atoms with Crippen molar-refractivity contribution in [2.45, 2.75) is 25.4 Å². The lowest BCUT2D eigenvalue weighted by Crippen LogP contribution is -2.45. The van der Waals surface area contributed by atoms with Crippen LogP contribution in [0.25, 0.3) is 0 Å². The van der Waals surface area contributed by atoms with Crippen LogP contribution in [0.2, 0.25) is 0 Å². The van der Waals surface area contributed by atoms with Crippen LogP contribution in [0, 0.1) is 0 Å². The number of pyridine rings is 1. The number of piperidine rings is 1. The fourth-order valence-corrected chi connectivity index (χ4v) is 3.84. The van der Waals surface area contributed by atoms with Gasteiger partial charge in [0.1, 0.15) is 0 Å². The molecule has 0 bridgehead atoms. The first-order valence-electron chi connectivity index (χ1n) is 10.6. The number of nitrogens with zero attached hydrogens (tertiary/aromatic N) is 2. The molecule has 0 radical (unpaired) electrons. The third-order valence-electron chi connectivity index (χ3n) is 5.53. The van der Waals surface area contributed by atoms with E-state index >= 15 is 0 Å². The number of nitrogens with one attached hydrogen (secondary N) is 2. The molecule has 2 N–H and O–H groups in total. The molecule has 2 heterocycles. The molecule has 6 nitrogen and oxygen atoms in total. The molecule has 2 amide bonds. The predicted molar refractivity (Wildman–Crippen MR) is 121 cm³/mol. The monoisotopic (exact) mass is 414 g/mol. The summed E-state index contributed by atoms with van der Waals surface area (Å²) in [6, 6.07) is 20.9. The van der Waals surface area contributed by atoms with Crippen LogP contribution in [0.3, 0.4) is 0 Å². The van der Waals surface area contributed by atoms with Crippen LogP contribution in [0.1, 0.15) is 39.1 Å². The van der Waals surface area contributed by atoms with Gasteiger partial charge in [-0.1, -0.05) is 36.4 Å². The zero-order valence-electron chi connectivity index (χ0n) is 17.3. The molecule has 1 aliphatic rings. The molecular formula is C25H26N4O2. The molecule has 1 fully saturated rings. The molecule has 1 saturated heterocycles. The number of rotatable bonds is 6. The first-order chi connectivity index (χ1) is 15.2. The highest BCUT2D eigenvalue weighted by molar-refractivity contribution is 5.99. The van der Waals surface area contributed by atoms with E-state index in [1.54, 1.807) is 12.4 Å². The van der Waals surface area contributed by atoms with Crippen molar-refractivity contribution in [3.05, 3.63) is 95.8 Å². The van der Waals surface area contributed by atoms with Gasteiger partial charge in [0, 0.05) is 49.3 Å². The van der Waals surface area contributed by atoms with E-state index in [0.717, 1.165) is 37.2 Å². The van der Waals surface area contributed by atoms with Gasteiger partial charge in [-0.2, -0.15) is 0 Å². The molecule has 1 aliphatic heterocycles. The number of para-hydroxylation sites is 1. The molecule has 0 aliphatic carbocycles. The largest absolute Gasteiger partial charge is 0.371 e. The third-order valence-corrected chi connectivity index (χ3v) is 5.53. The molecule has 0 unspecified atom stereocenters. The van der Waals surface area contributed by atoms with Gasteiger partial charge >= 0.3 is 0 Å². The summed E-state index contributed by atoms with van der Waals surface area (Å²) in [5.41, 5.74) is 3.24. The normalized spacial score (nSPS) is 14.1. The number of amides is 2. The maximum Gasteiger partial charge on any atom is 0.253 e. The summed E-state index contributed by atoms with van der Waals surface area (Å²) in [5, 5.41) is 6.12. The predicted octanol–water partition coefficient (Wildman–Crippen LogP) is 3.41. The van der Waals surface area contributed by atoms with Gasteiger partial charge in [0.05, 0.1) is 5.56 Å². The van der Waals surface area contributed by atoms with Gasteiger partial charge in [-0.15, -0.1) is 0 Å². The Morgan fingerprint density at radius 3 is 2.39 bits per heavy atom. The van der Waals surface area contributed by atoms with Crippen LogP contribution in [-0.2, 0) is 6.54 Å². The molecule has 6 heteroatoms. The van der Waals surface area contributed by atoms with E-state index in [1.807, 2.05) is 66.7 Å². The van der Waals surface area contributed by atoms with Crippen molar-refractivity contribution in [1.82, 2.24) is 15.6 Å². The molecule has 3 aromatic rings. The Kier molecular flexibility index (Phi) is 6.57. The molecule has 0 atom stereocenters. The average molecular weight is 415 g/mol. The second-order valence-corrected chi connectivity index (χ2v) is 7.66. The van der Waals surface area contributed by atoms with Crippen molar-refractivity contribution < 1.29 is 9.59 Å². The molecule has 31 heavy (non-hydrogen) atoms. The Hall–Kier alpha value is -3.67. The highest BCUT2D eigenvalue weighted by Gasteiger charge is 2.24. The Labute approximate surface area is 182 Å². The summed E-state index contributed by atoms with van der Waals surface area (Å²) in [4.78, 5) is 31.6. The van der Waals surface area contributed by atoms with E-state index in [0.29, 0.717) is 17.7 Å². The van der Waals surface area contributed by atoms with E-state index < -0.39 is 0 Å². The standard InChI is InChI=1S/C25H26N4O2/c30-24(20-8-2-1-3-9-20)28-21-12-15-29(16-13-21)23-11-5-4-10-22(23)25(31)27-18-19-7-6-14-26-17-19/h1-11,14,17,21H,12-13,15-16,18H2,(H,27,31)(H,28,30). The minimum Gasteiger partial charge on any atom is -0.371 e. The van der Waals surface area contributed by atoms with Crippen molar-refractivity contribution in [2.75, 3.05) is 18.0 Å². The summed E-state index contributed by atoms with van der Waals surface area (Å²) in [5.74, 6) is -0.131. The first kappa shape index (κ1) is 20.6. The van der Waals surface area contributed by atoms with Crippen LogP contribution in [0.4, 0.5) is 5.69 Å². The van der Waals surface area contributed by atoms with Crippen molar-refractivity contribution in [3.8, 4) is 0 Å². The van der Waals surface area contributed by atoms with Crippen LogP contribution < -0.4 is 15.5 Å². The van der Waals surface area contributed by atoms with E-state index in [1.165, 1.54) is 0 Å². The van der Waals surface area contributed by atoms with Crippen LogP contribution in [0.5, 0.6) is 0 Å². The minimum absolute atomic E-state index is 0.0331. The Morgan fingerprint density at radius 1 is 0.903 bits per heavy atom. The maximum atomic E-state index is 12.8. The Balaban J connectivity index is 1.35. The number of benzene rings is 2. The zero-order chi connectivity index (χ0) is 21.5. The van der Waals surface area contributed by atoms with Crippen LogP contribution in [0.15, 0.2) is 79.1 Å². The first-order valence-corrected chi connectivity index (χ1v) is 10.6. The number of carbonyl (C=O) groups is 2. The van der Waals surface area contributed by atoms with Crippen molar-refractivity contribution >= 4 is 17.5 Å². The fraction of sp³-hybridized carbons (Fsp3) is 0.240. The topological polar surface area (TPSA) is 74.3 Å².